The first-order chi connectivity index (χ1) is 18.5. The van der Waals surface area contributed by atoms with E-state index in [9.17, 15) is 39.6 Å². The van der Waals surface area contributed by atoms with E-state index in [1.54, 1.807) is 30.3 Å². The number of ether oxygens (including phenoxy) is 1. The molecular formula is C26H29F6N3O4S. The Morgan fingerprint density at radius 1 is 1.05 bits per heavy atom. The van der Waals surface area contributed by atoms with Gasteiger partial charge in [-0.2, -0.15) is 31.1 Å². The lowest BCUT2D eigenvalue weighted by Crippen LogP contribution is -2.69. The molecule has 1 unspecified atom stereocenters. The van der Waals surface area contributed by atoms with Crippen molar-refractivity contribution in [1.82, 2.24) is 10.0 Å². The van der Waals surface area contributed by atoms with Crippen LogP contribution in [0.4, 0.5) is 26.3 Å². The Bertz CT molecular complexity index is 1300. The first-order valence-electron chi connectivity index (χ1n) is 12.5. The van der Waals surface area contributed by atoms with Crippen LogP contribution in [0.5, 0.6) is 0 Å². The molecule has 220 valence electrons. The zero-order chi connectivity index (χ0) is 29.6. The van der Waals surface area contributed by atoms with Crippen molar-refractivity contribution in [3.05, 3.63) is 70.8 Å². The third-order valence-electron chi connectivity index (χ3n) is 7.47. The van der Waals surface area contributed by atoms with E-state index in [4.69, 9.17) is 10.5 Å². The maximum Gasteiger partial charge on any atom is 0.416 e. The van der Waals surface area contributed by atoms with Gasteiger partial charge in [0.15, 0.2) is 0 Å². The van der Waals surface area contributed by atoms with Crippen LogP contribution in [0.25, 0.3) is 0 Å². The Labute approximate surface area is 227 Å². The molecule has 2 aromatic rings. The van der Waals surface area contributed by atoms with Crippen LogP contribution in [-0.2, 0) is 37.4 Å². The number of carbonyl (C=O) groups excluding carboxylic acids is 1. The standard InChI is InChI=1S/C26H29F6N3O4S/c1-16(17-11-19(25(27,28)29)13-20(12-17)26(30,31)32)39-15-24(18-5-3-2-4-6-18)10-9-23(14-34-24,22(33)36)35-40(37,38)21-7-8-21/h2-6,11-13,16,21,34-35H,7-10,14-15H2,1H3,(H2,33,36)/t16?,23-,24+/m0/s1. The zero-order valence-electron chi connectivity index (χ0n) is 21.4. The number of alkyl halides is 6. The van der Waals surface area contributed by atoms with Gasteiger partial charge in [-0.05, 0) is 61.9 Å². The van der Waals surface area contributed by atoms with Gasteiger partial charge in [0.2, 0.25) is 15.9 Å². The lowest BCUT2D eigenvalue weighted by atomic mass is 9.76. The number of piperidine rings is 1. The molecule has 1 saturated carbocycles. The molecule has 1 amide bonds. The van der Waals surface area contributed by atoms with Crippen molar-refractivity contribution in [3.8, 4) is 0 Å². The van der Waals surface area contributed by atoms with Crippen LogP contribution in [0, 0.1) is 0 Å². The second-order valence-electron chi connectivity index (χ2n) is 10.4. The number of rotatable bonds is 9. The minimum atomic E-state index is -5.00. The SMILES string of the molecule is CC(OC[C@@]1(c2ccccc2)CC[C@@](NS(=O)(=O)C2CC2)(C(N)=O)CN1)c1cc(C(F)(F)F)cc(C(F)(F)F)c1. The number of benzene rings is 2. The van der Waals surface area contributed by atoms with Gasteiger partial charge in [-0.25, -0.2) is 8.42 Å². The summed E-state index contributed by atoms with van der Waals surface area (Å²) in [6, 6.07) is 10.0. The maximum absolute atomic E-state index is 13.4. The van der Waals surface area contributed by atoms with E-state index in [0.717, 1.165) is 0 Å². The van der Waals surface area contributed by atoms with Crippen molar-refractivity contribution >= 4 is 15.9 Å². The second-order valence-corrected chi connectivity index (χ2v) is 12.3. The highest BCUT2D eigenvalue weighted by Crippen LogP contribution is 2.40. The molecule has 7 nitrogen and oxygen atoms in total. The van der Waals surface area contributed by atoms with Gasteiger partial charge in [0.05, 0.1) is 34.6 Å². The highest BCUT2D eigenvalue weighted by atomic mass is 32.2. The Hall–Kier alpha value is -2.68. The van der Waals surface area contributed by atoms with Gasteiger partial charge in [-0.15, -0.1) is 0 Å². The minimum Gasteiger partial charge on any atom is -0.372 e. The van der Waals surface area contributed by atoms with Crippen molar-refractivity contribution in [2.45, 2.75) is 67.4 Å². The van der Waals surface area contributed by atoms with Crippen molar-refractivity contribution in [3.63, 3.8) is 0 Å². The summed E-state index contributed by atoms with van der Waals surface area (Å²) in [6.45, 7) is 0.928. The van der Waals surface area contributed by atoms with Gasteiger partial charge >= 0.3 is 12.4 Å². The largest absolute Gasteiger partial charge is 0.416 e. The Balaban J connectivity index is 1.60. The molecule has 2 aliphatic rings. The monoisotopic (exact) mass is 593 g/mol. The molecule has 0 aromatic heterocycles. The first kappa shape index (κ1) is 30.3. The molecule has 2 fully saturated rings. The van der Waals surface area contributed by atoms with Crippen LogP contribution in [-0.4, -0.2) is 38.3 Å². The lowest BCUT2D eigenvalue weighted by Gasteiger charge is -2.46. The van der Waals surface area contributed by atoms with E-state index in [1.807, 2.05) is 0 Å². The minimum absolute atomic E-state index is 0.0182. The predicted molar refractivity (Wildman–Crippen MR) is 133 cm³/mol. The summed E-state index contributed by atoms with van der Waals surface area (Å²) in [4.78, 5) is 12.5. The van der Waals surface area contributed by atoms with Gasteiger partial charge in [0.1, 0.15) is 5.54 Å². The molecule has 0 bridgehead atoms. The van der Waals surface area contributed by atoms with Crippen LogP contribution in [0.15, 0.2) is 48.5 Å². The number of nitrogens with two attached hydrogens (primary N) is 1. The summed E-state index contributed by atoms with van der Waals surface area (Å²) in [7, 11) is -3.79. The average molecular weight is 594 g/mol. The molecule has 4 N–H and O–H groups in total. The van der Waals surface area contributed by atoms with Crippen molar-refractivity contribution in [2.75, 3.05) is 13.2 Å². The molecule has 0 spiro atoms. The fourth-order valence-electron chi connectivity index (χ4n) is 4.79. The summed E-state index contributed by atoms with van der Waals surface area (Å²) >= 11 is 0. The van der Waals surface area contributed by atoms with Crippen molar-refractivity contribution in [2.24, 2.45) is 5.73 Å². The number of hydrogen-bond donors (Lipinski definition) is 3. The van der Waals surface area contributed by atoms with Crippen molar-refractivity contribution < 1.29 is 44.3 Å². The third kappa shape index (κ3) is 6.45. The summed E-state index contributed by atoms with van der Waals surface area (Å²) in [5.74, 6) is -0.871. The highest BCUT2D eigenvalue weighted by molar-refractivity contribution is 7.90. The number of halogens is 6. The van der Waals surface area contributed by atoms with Gasteiger partial charge < -0.3 is 15.8 Å². The first-order valence-corrected chi connectivity index (χ1v) is 14.1. The maximum atomic E-state index is 13.4. The fraction of sp³-hybridized carbons (Fsp3) is 0.500. The molecule has 1 aliphatic carbocycles. The normalized spacial score (nSPS) is 25.0. The van der Waals surface area contributed by atoms with E-state index in [1.165, 1.54) is 6.92 Å². The van der Waals surface area contributed by atoms with E-state index >= 15 is 0 Å². The average Bonchev–Trinajstić information content (AvgIpc) is 3.74. The molecule has 1 saturated heterocycles. The molecule has 4 rings (SSSR count). The summed E-state index contributed by atoms with van der Waals surface area (Å²) in [5, 5.41) is 2.57. The van der Waals surface area contributed by atoms with Gasteiger partial charge in [-0.1, -0.05) is 30.3 Å². The van der Waals surface area contributed by atoms with E-state index in [-0.39, 0.29) is 37.6 Å². The molecule has 1 heterocycles. The summed E-state index contributed by atoms with van der Waals surface area (Å²) in [5.41, 5.74) is 0.428. The highest BCUT2D eigenvalue weighted by Gasteiger charge is 2.51. The van der Waals surface area contributed by atoms with E-state index in [2.05, 4.69) is 10.0 Å². The summed E-state index contributed by atoms with van der Waals surface area (Å²) < 4.78 is 114. The number of amides is 1. The molecule has 40 heavy (non-hydrogen) atoms. The van der Waals surface area contributed by atoms with Gasteiger partial charge in [0, 0.05) is 6.54 Å². The fourth-order valence-corrected chi connectivity index (χ4v) is 6.54. The Morgan fingerprint density at radius 2 is 1.62 bits per heavy atom. The summed E-state index contributed by atoms with van der Waals surface area (Å²) in [6.07, 6.45) is -10.1. The molecule has 14 heteroatoms. The van der Waals surface area contributed by atoms with Gasteiger partial charge in [-0.3, -0.25) is 4.79 Å². The molecular weight excluding hydrogens is 564 g/mol. The van der Waals surface area contributed by atoms with Crippen LogP contribution < -0.4 is 15.8 Å². The number of carbonyl (C=O) groups is 1. The van der Waals surface area contributed by atoms with Crippen LogP contribution in [0.3, 0.4) is 0 Å². The van der Waals surface area contributed by atoms with Crippen molar-refractivity contribution in [1.29, 1.82) is 0 Å². The Morgan fingerprint density at radius 3 is 2.08 bits per heavy atom. The van der Waals surface area contributed by atoms with E-state index in [0.29, 0.717) is 30.5 Å². The topological polar surface area (TPSA) is 111 Å². The Kier molecular flexibility index (Phi) is 8.04. The lowest BCUT2D eigenvalue weighted by molar-refractivity contribution is -0.143. The number of hydrogen-bond acceptors (Lipinski definition) is 5. The van der Waals surface area contributed by atoms with Crippen LogP contribution in [0.1, 0.15) is 61.0 Å². The van der Waals surface area contributed by atoms with Gasteiger partial charge in [0.25, 0.3) is 0 Å². The number of sulfonamides is 1. The van der Waals surface area contributed by atoms with Crippen LogP contribution >= 0.6 is 0 Å². The quantitative estimate of drug-likeness (QED) is 0.374. The third-order valence-corrected chi connectivity index (χ3v) is 9.49. The zero-order valence-corrected chi connectivity index (χ0v) is 22.2. The molecule has 0 radical (unpaired) electrons. The number of nitrogens with one attached hydrogen (secondary N) is 2. The molecule has 2 aromatic carbocycles. The van der Waals surface area contributed by atoms with E-state index < -0.39 is 61.8 Å². The predicted octanol–water partition coefficient (Wildman–Crippen LogP) is 4.39. The second kappa shape index (κ2) is 10.6. The molecule has 3 atom stereocenters. The smallest absolute Gasteiger partial charge is 0.372 e. The van der Waals surface area contributed by atoms with Crippen LogP contribution in [0.2, 0.25) is 0 Å². The molecule has 1 aliphatic heterocycles. The number of primary amides is 1.